The van der Waals surface area contributed by atoms with Gasteiger partial charge in [0, 0.05) is 19.1 Å². The Kier molecular flexibility index (Phi) is 7.62. The molecule has 0 bridgehead atoms. The first kappa shape index (κ1) is 21.2. The predicted octanol–water partition coefficient (Wildman–Crippen LogP) is 0.835. The van der Waals surface area contributed by atoms with E-state index in [4.69, 9.17) is 4.74 Å². The van der Waals surface area contributed by atoms with Crippen molar-refractivity contribution in [3.63, 3.8) is 0 Å². The van der Waals surface area contributed by atoms with Gasteiger partial charge in [-0.05, 0) is 52.9 Å². The number of rotatable bonds is 7. The molecule has 2 aliphatic rings. The molecule has 0 aromatic rings. The first-order valence-electron chi connectivity index (χ1n) is 9.84. The number of hydrogen-bond acceptors (Lipinski definition) is 5. The Morgan fingerprint density at radius 2 is 1.70 bits per heavy atom. The van der Waals surface area contributed by atoms with Crippen LogP contribution in [-0.4, -0.2) is 71.3 Å². The SMILES string of the molecule is CC(C)NC(=O)C1CCCCN1C(=O)C1CCCN1C(=O)CC(C)OC=O. The molecular formula is C19H31N3O5. The summed E-state index contributed by atoms with van der Waals surface area (Å²) in [5.74, 6) is -0.462. The first-order chi connectivity index (χ1) is 12.8. The van der Waals surface area contributed by atoms with Crippen LogP contribution >= 0.6 is 0 Å². The maximum absolute atomic E-state index is 13.2. The summed E-state index contributed by atoms with van der Waals surface area (Å²) >= 11 is 0. The van der Waals surface area contributed by atoms with Gasteiger partial charge < -0.3 is 19.9 Å². The van der Waals surface area contributed by atoms with Crippen LogP contribution in [0.1, 0.15) is 59.3 Å². The molecule has 27 heavy (non-hydrogen) atoms. The number of amides is 3. The summed E-state index contributed by atoms with van der Waals surface area (Å²) in [5, 5.41) is 2.90. The topological polar surface area (TPSA) is 96.0 Å². The number of carbonyl (C=O) groups is 4. The molecular weight excluding hydrogens is 350 g/mol. The molecule has 3 atom stereocenters. The van der Waals surface area contributed by atoms with E-state index < -0.39 is 18.2 Å². The third kappa shape index (κ3) is 5.43. The molecule has 2 aliphatic heterocycles. The van der Waals surface area contributed by atoms with Crippen molar-refractivity contribution in [1.29, 1.82) is 0 Å². The van der Waals surface area contributed by atoms with E-state index in [1.165, 1.54) is 0 Å². The quantitative estimate of drug-likeness (QED) is 0.659. The van der Waals surface area contributed by atoms with Crippen LogP contribution in [0.3, 0.4) is 0 Å². The van der Waals surface area contributed by atoms with Crippen LogP contribution in [0.15, 0.2) is 0 Å². The highest BCUT2D eigenvalue weighted by molar-refractivity contribution is 5.92. The monoisotopic (exact) mass is 381 g/mol. The molecule has 152 valence electrons. The van der Waals surface area contributed by atoms with Gasteiger partial charge in [0.2, 0.25) is 17.7 Å². The highest BCUT2D eigenvalue weighted by Gasteiger charge is 2.41. The number of ether oxygens (including phenoxy) is 1. The lowest BCUT2D eigenvalue weighted by molar-refractivity contribution is -0.150. The van der Waals surface area contributed by atoms with Gasteiger partial charge in [-0.2, -0.15) is 0 Å². The average Bonchev–Trinajstić information content (AvgIpc) is 3.10. The number of hydrogen-bond donors (Lipinski definition) is 1. The Morgan fingerprint density at radius 1 is 1.04 bits per heavy atom. The molecule has 8 nitrogen and oxygen atoms in total. The van der Waals surface area contributed by atoms with E-state index in [-0.39, 0.29) is 30.2 Å². The fourth-order valence-corrected chi connectivity index (χ4v) is 3.87. The van der Waals surface area contributed by atoms with Gasteiger partial charge in [-0.3, -0.25) is 19.2 Å². The molecule has 3 unspecified atom stereocenters. The van der Waals surface area contributed by atoms with Gasteiger partial charge in [0.25, 0.3) is 6.47 Å². The van der Waals surface area contributed by atoms with Crippen LogP contribution in [0.5, 0.6) is 0 Å². The average molecular weight is 381 g/mol. The van der Waals surface area contributed by atoms with Crippen molar-refractivity contribution >= 4 is 24.2 Å². The second kappa shape index (κ2) is 9.71. The standard InChI is InChI=1S/C19H31N3O5/c1-13(2)20-18(25)15-7-4-5-9-22(15)19(26)16-8-6-10-21(16)17(24)11-14(3)27-12-23/h12-16H,4-11H2,1-3H3,(H,20,25). The molecule has 0 aromatic carbocycles. The zero-order chi connectivity index (χ0) is 20.0. The minimum absolute atomic E-state index is 0.0141. The molecule has 0 aliphatic carbocycles. The zero-order valence-corrected chi connectivity index (χ0v) is 16.5. The maximum atomic E-state index is 13.2. The van der Waals surface area contributed by atoms with Crippen molar-refractivity contribution in [2.45, 2.75) is 83.5 Å². The Bertz CT molecular complexity index is 566. The summed E-state index contributed by atoms with van der Waals surface area (Å²) < 4.78 is 4.79. The lowest BCUT2D eigenvalue weighted by Crippen LogP contribution is -2.57. The van der Waals surface area contributed by atoms with E-state index in [0.717, 1.165) is 19.3 Å². The predicted molar refractivity (Wildman–Crippen MR) is 98.6 cm³/mol. The van der Waals surface area contributed by atoms with E-state index in [0.29, 0.717) is 32.4 Å². The summed E-state index contributed by atoms with van der Waals surface area (Å²) in [7, 11) is 0. The fourth-order valence-electron chi connectivity index (χ4n) is 3.87. The molecule has 8 heteroatoms. The van der Waals surface area contributed by atoms with Crippen molar-refractivity contribution in [1.82, 2.24) is 15.1 Å². The normalized spacial score (nSPS) is 23.9. The highest BCUT2D eigenvalue weighted by Crippen LogP contribution is 2.25. The van der Waals surface area contributed by atoms with Crippen LogP contribution in [0.4, 0.5) is 0 Å². The van der Waals surface area contributed by atoms with E-state index in [1.807, 2.05) is 13.8 Å². The van der Waals surface area contributed by atoms with Gasteiger partial charge >= 0.3 is 0 Å². The second-order valence-electron chi connectivity index (χ2n) is 7.70. The van der Waals surface area contributed by atoms with Crippen molar-refractivity contribution in [3.05, 3.63) is 0 Å². The molecule has 2 saturated heterocycles. The number of likely N-dealkylation sites (tertiary alicyclic amines) is 2. The Morgan fingerprint density at radius 3 is 2.37 bits per heavy atom. The Hall–Kier alpha value is -2.12. The maximum Gasteiger partial charge on any atom is 0.293 e. The van der Waals surface area contributed by atoms with Crippen LogP contribution in [-0.2, 0) is 23.9 Å². The molecule has 2 heterocycles. The molecule has 0 saturated carbocycles. The lowest BCUT2D eigenvalue weighted by atomic mass is 9.99. The van der Waals surface area contributed by atoms with Crippen LogP contribution < -0.4 is 5.32 Å². The summed E-state index contributed by atoms with van der Waals surface area (Å²) in [4.78, 5) is 52.0. The molecule has 2 fully saturated rings. The molecule has 3 amide bonds. The highest BCUT2D eigenvalue weighted by atomic mass is 16.5. The number of nitrogens with one attached hydrogen (secondary N) is 1. The third-order valence-electron chi connectivity index (χ3n) is 5.13. The molecule has 0 spiro atoms. The largest absolute Gasteiger partial charge is 0.464 e. The van der Waals surface area contributed by atoms with Gasteiger partial charge in [0.15, 0.2) is 0 Å². The van der Waals surface area contributed by atoms with Crippen molar-refractivity contribution in [2.75, 3.05) is 13.1 Å². The fraction of sp³-hybridized carbons (Fsp3) is 0.789. The number of carbonyl (C=O) groups excluding carboxylic acids is 4. The smallest absolute Gasteiger partial charge is 0.293 e. The summed E-state index contributed by atoms with van der Waals surface area (Å²) in [6.45, 7) is 6.82. The molecule has 1 N–H and O–H groups in total. The number of piperidine rings is 1. The molecule has 0 radical (unpaired) electrons. The van der Waals surface area contributed by atoms with Crippen LogP contribution in [0, 0.1) is 0 Å². The zero-order valence-electron chi connectivity index (χ0n) is 16.5. The van der Waals surface area contributed by atoms with Gasteiger partial charge in [0.05, 0.1) is 6.42 Å². The van der Waals surface area contributed by atoms with Crippen LogP contribution in [0.2, 0.25) is 0 Å². The third-order valence-corrected chi connectivity index (χ3v) is 5.13. The molecule has 0 aromatic heterocycles. The minimum Gasteiger partial charge on any atom is -0.464 e. The van der Waals surface area contributed by atoms with E-state index in [2.05, 4.69) is 5.32 Å². The first-order valence-corrected chi connectivity index (χ1v) is 9.84. The summed E-state index contributed by atoms with van der Waals surface area (Å²) in [5.41, 5.74) is 0. The summed E-state index contributed by atoms with van der Waals surface area (Å²) in [6, 6.07) is -0.989. The van der Waals surface area contributed by atoms with Gasteiger partial charge in [0.1, 0.15) is 18.2 Å². The van der Waals surface area contributed by atoms with E-state index >= 15 is 0 Å². The number of nitrogens with zero attached hydrogens (tertiary/aromatic N) is 2. The Balaban J connectivity index is 2.07. The van der Waals surface area contributed by atoms with E-state index in [9.17, 15) is 19.2 Å². The minimum atomic E-state index is -0.534. The van der Waals surface area contributed by atoms with Crippen LogP contribution in [0.25, 0.3) is 0 Å². The van der Waals surface area contributed by atoms with Gasteiger partial charge in [-0.25, -0.2) is 0 Å². The van der Waals surface area contributed by atoms with Crippen molar-refractivity contribution < 1.29 is 23.9 Å². The van der Waals surface area contributed by atoms with Crippen molar-refractivity contribution in [3.8, 4) is 0 Å². The lowest BCUT2D eigenvalue weighted by Gasteiger charge is -2.38. The van der Waals surface area contributed by atoms with Gasteiger partial charge in [-0.15, -0.1) is 0 Å². The Labute approximate surface area is 160 Å². The summed E-state index contributed by atoms with van der Waals surface area (Å²) in [6.07, 6.45) is 3.31. The molecule has 2 rings (SSSR count). The van der Waals surface area contributed by atoms with Gasteiger partial charge in [-0.1, -0.05) is 0 Å². The van der Waals surface area contributed by atoms with E-state index in [1.54, 1.807) is 16.7 Å². The second-order valence-corrected chi connectivity index (χ2v) is 7.70. The van der Waals surface area contributed by atoms with Crippen molar-refractivity contribution in [2.24, 2.45) is 0 Å².